The maximum atomic E-state index is 13.7. The number of nitrogens with zero attached hydrogens (tertiary/aromatic N) is 2. The summed E-state index contributed by atoms with van der Waals surface area (Å²) in [4.78, 5) is 42.2. The predicted molar refractivity (Wildman–Crippen MR) is 114 cm³/mol. The Balaban J connectivity index is 1.76. The zero-order valence-electron chi connectivity index (χ0n) is 18.4. The van der Waals surface area contributed by atoms with Crippen molar-refractivity contribution < 1.29 is 40.7 Å². The number of Topliss-reactive ketones (excluding diaryl/α,β-unsaturated/α-hetero) is 1. The lowest BCUT2D eigenvalue weighted by molar-refractivity contribution is -0.139. The van der Waals surface area contributed by atoms with Gasteiger partial charge >= 0.3 is 12.4 Å². The Morgan fingerprint density at radius 1 is 0.889 bits per heavy atom. The molecule has 1 aromatic heterocycles. The highest BCUT2D eigenvalue weighted by atomic mass is 19.4. The average molecular weight is 506 g/mol. The summed E-state index contributed by atoms with van der Waals surface area (Å²) in [6.07, 6.45) is -8.97. The van der Waals surface area contributed by atoms with Crippen molar-refractivity contribution in [1.29, 1.82) is 0 Å². The van der Waals surface area contributed by atoms with Crippen molar-refractivity contribution in [3.05, 3.63) is 99.9 Å². The van der Waals surface area contributed by atoms with Crippen molar-refractivity contribution in [2.24, 2.45) is 0 Å². The first-order valence-corrected chi connectivity index (χ1v) is 10.5. The van der Waals surface area contributed by atoms with Crippen LogP contribution in [-0.2, 0) is 12.4 Å². The molecule has 1 atom stereocenters. The molecular formula is C25H16F6N2O3. The fourth-order valence-electron chi connectivity index (χ4n) is 4.05. The molecule has 0 saturated carbocycles. The second-order valence-electron chi connectivity index (χ2n) is 8.16. The van der Waals surface area contributed by atoms with E-state index in [1.165, 1.54) is 25.2 Å². The van der Waals surface area contributed by atoms with Gasteiger partial charge in [-0.15, -0.1) is 0 Å². The lowest BCUT2D eigenvalue weighted by Crippen LogP contribution is -2.24. The minimum Gasteiger partial charge on any atom is -0.294 e. The van der Waals surface area contributed by atoms with Crippen LogP contribution in [0.3, 0.4) is 0 Å². The molecular weight excluding hydrogens is 490 g/mol. The van der Waals surface area contributed by atoms with Crippen LogP contribution in [0.2, 0.25) is 0 Å². The first-order chi connectivity index (χ1) is 16.8. The summed E-state index contributed by atoms with van der Waals surface area (Å²) in [5.41, 5.74) is -2.60. The van der Waals surface area contributed by atoms with Gasteiger partial charge in [-0.1, -0.05) is 18.2 Å². The van der Waals surface area contributed by atoms with Crippen molar-refractivity contribution >= 4 is 17.6 Å². The highest BCUT2D eigenvalue weighted by Crippen LogP contribution is 2.39. The number of pyridine rings is 1. The molecule has 0 fully saturated rings. The van der Waals surface area contributed by atoms with Crippen LogP contribution in [0.5, 0.6) is 0 Å². The smallest absolute Gasteiger partial charge is 0.294 e. The molecule has 1 aliphatic rings. The van der Waals surface area contributed by atoms with Crippen molar-refractivity contribution in [3.63, 3.8) is 0 Å². The van der Waals surface area contributed by atoms with E-state index in [-0.39, 0.29) is 22.3 Å². The Morgan fingerprint density at radius 2 is 1.53 bits per heavy atom. The van der Waals surface area contributed by atoms with E-state index in [2.05, 4.69) is 4.98 Å². The number of hydrogen-bond donors (Lipinski definition) is 0. The van der Waals surface area contributed by atoms with E-state index in [9.17, 15) is 40.7 Å². The number of fused-ring (bicyclic) bond motifs is 1. The monoisotopic (exact) mass is 506 g/mol. The Morgan fingerprint density at radius 3 is 2.14 bits per heavy atom. The number of halogens is 6. The molecule has 0 bridgehead atoms. The fraction of sp³-hybridized carbons (Fsp3) is 0.200. The molecule has 0 unspecified atom stereocenters. The number of hydrogen-bond acceptors (Lipinski definition) is 4. The van der Waals surface area contributed by atoms with Crippen molar-refractivity contribution in [2.45, 2.75) is 24.7 Å². The first-order valence-electron chi connectivity index (χ1n) is 10.5. The molecule has 2 aromatic carbocycles. The van der Waals surface area contributed by atoms with Crippen molar-refractivity contribution in [3.8, 4) is 0 Å². The van der Waals surface area contributed by atoms with Crippen LogP contribution >= 0.6 is 0 Å². The average Bonchev–Trinajstić information content (AvgIpc) is 3.05. The third-order valence-electron chi connectivity index (χ3n) is 5.92. The van der Waals surface area contributed by atoms with Gasteiger partial charge in [0.25, 0.3) is 11.8 Å². The molecule has 1 aliphatic heterocycles. The van der Waals surface area contributed by atoms with E-state index in [4.69, 9.17) is 0 Å². The van der Waals surface area contributed by atoms with E-state index < -0.39 is 59.1 Å². The molecule has 2 heterocycles. The number of carbonyl (C=O) groups is 3. The van der Waals surface area contributed by atoms with Gasteiger partial charge < -0.3 is 0 Å². The van der Waals surface area contributed by atoms with Crippen LogP contribution < -0.4 is 0 Å². The van der Waals surface area contributed by atoms with Gasteiger partial charge in [0, 0.05) is 31.1 Å². The Hall–Kier alpha value is -4.02. The number of aromatic nitrogens is 1. The maximum Gasteiger partial charge on any atom is 0.418 e. The largest absolute Gasteiger partial charge is 0.418 e. The molecule has 0 aliphatic carbocycles. The zero-order valence-corrected chi connectivity index (χ0v) is 18.4. The Kier molecular flexibility index (Phi) is 6.19. The Bertz CT molecular complexity index is 1360. The van der Waals surface area contributed by atoms with Gasteiger partial charge in [0.15, 0.2) is 5.78 Å². The highest BCUT2D eigenvalue weighted by molar-refractivity contribution is 6.21. The summed E-state index contributed by atoms with van der Waals surface area (Å²) in [6.45, 7) is 0. The number of rotatable bonds is 5. The number of ketones is 1. The standard InChI is InChI=1S/C25H16F6N2O3/c1-33-22(35)16-9-6-14(11-18(16)23(33)36)20(34)12-17(13-4-7-15(8-5-13)24(26,27)28)21-19(25(29,30)31)3-2-10-32-21/h2-11,17H,12H2,1H3/t17-/m0/s1. The van der Waals surface area contributed by atoms with Gasteiger partial charge in [-0.05, 0) is 42.0 Å². The van der Waals surface area contributed by atoms with Gasteiger partial charge in [0.1, 0.15) is 0 Å². The minimum atomic E-state index is -4.83. The molecule has 186 valence electrons. The van der Waals surface area contributed by atoms with Crippen molar-refractivity contribution in [2.75, 3.05) is 7.05 Å². The van der Waals surface area contributed by atoms with Gasteiger partial charge in [0.2, 0.25) is 0 Å². The second kappa shape index (κ2) is 8.89. The molecule has 36 heavy (non-hydrogen) atoms. The summed E-state index contributed by atoms with van der Waals surface area (Å²) in [7, 11) is 1.27. The van der Waals surface area contributed by atoms with Gasteiger partial charge in [-0.2, -0.15) is 26.3 Å². The SMILES string of the molecule is CN1C(=O)c2ccc(C(=O)C[C@@H](c3ccc(C(F)(F)F)cc3)c3ncccc3C(F)(F)F)cc2C1=O. The maximum absolute atomic E-state index is 13.7. The molecule has 4 rings (SSSR count). The van der Waals surface area contributed by atoms with E-state index in [1.54, 1.807) is 0 Å². The zero-order chi connectivity index (χ0) is 26.4. The topological polar surface area (TPSA) is 67.3 Å². The summed E-state index contributed by atoms with van der Waals surface area (Å²) < 4.78 is 80.2. The molecule has 0 radical (unpaired) electrons. The Labute approximate surface area is 200 Å². The van der Waals surface area contributed by atoms with Crippen molar-refractivity contribution in [1.82, 2.24) is 9.88 Å². The van der Waals surface area contributed by atoms with Gasteiger partial charge in [-0.25, -0.2) is 0 Å². The molecule has 2 amide bonds. The molecule has 11 heteroatoms. The number of imide groups is 1. The van der Waals surface area contributed by atoms with E-state index >= 15 is 0 Å². The third kappa shape index (κ3) is 4.60. The minimum absolute atomic E-state index is 0.0201. The molecule has 0 N–H and O–H groups in total. The number of benzene rings is 2. The summed E-state index contributed by atoms with van der Waals surface area (Å²) in [5, 5.41) is 0. The summed E-state index contributed by atoms with van der Waals surface area (Å²) in [5.74, 6) is -3.21. The van der Waals surface area contributed by atoms with Gasteiger partial charge in [-0.3, -0.25) is 24.3 Å². The van der Waals surface area contributed by atoms with E-state index in [0.717, 1.165) is 47.5 Å². The number of alkyl halides is 6. The quantitative estimate of drug-likeness (QED) is 0.251. The molecule has 0 saturated heterocycles. The molecule has 5 nitrogen and oxygen atoms in total. The highest BCUT2D eigenvalue weighted by Gasteiger charge is 2.38. The molecule has 3 aromatic rings. The van der Waals surface area contributed by atoms with Crippen LogP contribution in [0.1, 0.15) is 65.8 Å². The number of carbonyl (C=O) groups excluding carboxylic acids is 3. The van der Waals surface area contributed by atoms with Crippen LogP contribution in [0.15, 0.2) is 60.8 Å². The summed E-state index contributed by atoms with van der Waals surface area (Å²) in [6, 6.07) is 9.05. The third-order valence-corrected chi connectivity index (χ3v) is 5.92. The fourth-order valence-corrected chi connectivity index (χ4v) is 4.05. The second-order valence-corrected chi connectivity index (χ2v) is 8.16. The number of amides is 2. The lowest BCUT2D eigenvalue weighted by Gasteiger charge is -2.21. The molecule has 0 spiro atoms. The summed E-state index contributed by atoms with van der Waals surface area (Å²) >= 11 is 0. The normalized spacial score (nSPS) is 14.7. The van der Waals surface area contributed by atoms with E-state index in [0.29, 0.717) is 0 Å². The van der Waals surface area contributed by atoms with Gasteiger partial charge in [0.05, 0.1) is 27.9 Å². The lowest BCUT2D eigenvalue weighted by atomic mass is 9.85. The van der Waals surface area contributed by atoms with Crippen LogP contribution in [0.4, 0.5) is 26.3 Å². The first kappa shape index (κ1) is 25.1. The van der Waals surface area contributed by atoms with E-state index in [1.807, 2.05) is 0 Å². The van der Waals surface area contributed by atoms with Crippen LogP contribution in [-0.4, -0.2) is 34.5 Å². The van der Waals surface area contributed by atoms with Crippen LogP contribution in [0.25, 0.3) is 0 Å². The predicted octanol–water partition coefficient (Wildman–Crippen LogP) is 5.75. The van der Waals surface area contributed by atoms with Crippen LogP contribution in [0, 0.1) is 0 Å².